The van der Waals surface area contributed by atoms with Crippen molar-refractivity contribution >= 4 is 39.9 Å². The van der Waals surface area contributed by atoms with Gasteiger partial charge in [-0.15, -0.1) is 0 Å². The van der Waals surface area contributed by atoms with Gasteiger partial charge in [0.25, 0.3) is 0 Å². The molecular formula is C12H10F3IN4O. The Hall–Kier alpha value is -1.78. The maximum atomic E-state index is 12.7. The van der Waals surface area contributed by atoms with Crippen molar-refractivity contribution in [1.82, 2.24) is 9.78 Å². The number of amides is 1. The molecule has 0 aliphatic heterocycles. The quantitative estimate of drug-likeness (QED) is 0.604. The Morgan fingerprint density at radius 2 is 2.14 bits per heavy atom. The Kier molecular flexibility index (Phi) is 4.40. The molecule has 0 saturated carbocycles. The van der Waals surface area contributed by atoms with Gasteiger partial charge in [-0.25, -0.2) is 0 Å². The van der Waals surface area contributed by atoms with Crippen molar-refractivity contribution in [3.8, 4) is 0 Å². The van der Waals surface area contributed by atoms with Crippen LogP contribution in [0.3, 0.4) is 0 Å². The molecule has 0 aliphatic carbocycles. The van der Waals surface area contributed by atoms with Gasteiger partial charge in [-0.05, 0) is 40.8 Å². The summed E-state index contributed by atoms with van der Waals surface area (Å²) in [6.45, 7) is -0.0886. The van der Waals surface area contributed by atoms with E-state index in [1.165, 1.54) is 10.7 Å². The van der Waals surface area contributed by atoms with Gasteiger partial charge in [0, 0.05) is 17.6 Å². The molecule has 2 aromatic rings. The summed E-state index contributed by atoms with van der Waals surface area (Å²) in [6.07, 6.45) is -1.36. The fourth-order valence-electron chi connectivity index (χ4n) is 1.65. The van der Waals surface area contributed by atoms with Gasteiger partial charge < -0.3 is 11.1 Å². The Labute approximate surface area is 131 Å². The molecule has 112 valence electrons. The summed E-state index contributed by atoms with van der Waals surface area (Å²) in [6, 6.07) is 3.23. The van der Waals surface area contributed by atoms with E-state index in [2.05, 4.69) is 10.4 Å². The molecule has 21 heavy (non-hydrogen) atoms. The Balaban J connectivity index is 2.11. The second-order valence-corrected chi connectivity index (χ2v) is 5.45. The number of aromatic nitrogens is 2. The maximum Gasteiger partial charge on any atom is 0.418 e. The number of carbonyl (C=O) groups is 1. The van der Waals surface area contributed by atoms with Crippen molar-refractivity contribution in [2.24, 2.45) is 0 Å². The number of nitrogens with zero attached hydrogens (tertiary/aromatic N) is 2. The third-order valence-corrected chi connectivity index (χ3v) is 3.11. The van der Waals surface area contributed by atoms with E-state index in [-0.39, 0.29) is 17.9 Å². The minimum Gasteiger partial charge on any atom is -0.398 e. The third-order valence-electron chi connectivity index (χ3n) is 2.55. The number of hydrogen-bond acceptors (Lipinski definition) is 3. The van der Waals surface area contributed by atoms with E-state index in [9.17, 15) is 18.0 Å². The summed E-state index contributed by atoms with van der Waals surface area (Å²) in [5.41, 5.74) is 3.95. The van der Waals surface area contributed by atoms with Crippen molar-refractivity contribution < 1.29 is 18.0 Å². The molecule has 0 fully saturated rings. The highest BCUT2D eigenvalue weighted by atomic mass is 127. The molecule has 0 radical (unpaired) electrons. The van der Waals surface area contributed by atoms with Crippen LogP contribution < -0.4 is 11.1 Å². The predicted molar refractivity (Wildman–Crippen MR) is 79.4 cm³/mol. The van der Waals surface area contributed by atoms with Crippen molar-refractivity contribution in [3.63, 3.8) is 0 Å². The molecule has 1 aromatic carbocycles. The number of hydrogen-bond donors (Lipinski definition) is 2. The van der Waals surface area contributed by atoms with Gasteiger partial charge in [0.05, 0.1) is 15.3 Å². The van der Waals surface area contributed by atoms with Crippen LogP contribution in [0.4, 0.5) is 24.5 Å². The molecule has 1 aromatic heterocycles. The Morgan fingerprint density at radius 3 is 2.71 bits per heavy atom. The molecule has 0 spiro atoms. The molecule has 2 rings (SSSR count). The van der Waals surface area contributed by atoms with E-state index >= 15 is 0 Å². The first-order valence-corrected chi connectivity index (χ1v) is 6.78. The van der Waals surface area contributed by atoms with Crippen molar-refractivity contribution in [2.45, 2.75) is 12.7 Å². The number of nitrogens with two attached hydrogens (primary N) is 1. The predicted octanol–water partition coefficient (Wildman–Crippen LogP) is 2.73. The number of nitrogens with one attached hydrogen (secondary N) is 1. The van der Waals surface area contributed by atoms with Gasteiger partial charge in [-0.2, -0.15) is 18.3 Å². The molecular weight excluding hydrogens is 400 g/mol. The largest absolute Gasteiger partial charge is 0.418 e. The highest BCUT2D eigenvalue weighted by molar-refractivity contribution is 14.1. The first kappa shape index (κ1) is 15.6. The van der Waals surface area contributed by atoms with E-state index in [0.29, 0.717) is 0 Å². The maximum absolute atomic E-state index is 12.7. The van der Waals surface area contributed by atoms with E-state index in [1.807, 2.05) is 22.6 Å². The molecule has 3 N–H and O–H groups in total. The molecule has 1 amide bonds. The fraction of sp³-hybridized carbons (Fsp3) is 0.167. The molecule has 0 unspecified atom stereocenters. The van der Waals surface area contributed by atoms with Crippen molar-refractivity contribution in [2.75, 3.05) is 11.1 Å². The summed E-state index contributed by atoms with van der Waals surface area (Å²) in [7, 11) is 0. The lowest BCUT2D eigenvalue weighted by Crippen LogP contribution is -2.19. The zero-order valence-corrected chi connectivity index (χ0v) is 12.6. The topological polar surface area (TPSA) is 72.9 Å². The number of benzene rings is 1. The number of anilines is 2. The molecule has 5 nitrogen and oxygen atoms in total. The first-order chi connectivity index (χ1) is 9.75. The summed E-state index contributed by atoms with van der Waals surface area (Å²) in [4.78, 5) is 11.8. The molecule has 1 heterocycles. The van der Waals surface area contributed by atoms with Crippen LogP contribution >= 0.6 is 22.6 Å². The zero-order chi connectivity index (χ0) is 15.6. The lowest BCUT2D eigenvalue weighted by atomic mass is 10.1. The highest BCUT2D eigenvalue weighted by Crippen LogP contribution is 2.35. The van der Waals surface area contributed by atoms with Crippen LogP contribution in [-0.2, 0) is 17.5 Å². The Bertz CT molecular complexity index is 669. The average Bonchev–Trinajstić information content (AvgIpc) is 2.75. The number of carbonyl (C=O) groups excluding carboxylic acids is 1. The van der Waals surface area contributed by atoms with Gasteiger partial charge in [0.2, 0.25) is 5.91 Å². The van der Waals surface area contributed by atoms with Crippen LogP contribution in [0.1, 0.15) is 5.56 Å². The van der Waals surface area contributed by atoms with Crippen molar-refractivity contribution in [3.05, 3.63) is 39.7 Å². The SMILES string of the molecule is Nc1ccc(NC(=O)Cn2cc(I)cn2)cc1C(F)(F)F. The zero-order valence-electron chi connectivity index (χ0n) is 10.5. The van der Waals surface area contributed by atoms with Crippen molar-refractivity contribution in [1.29, 1.82) is 0 Å². The van der Waals surface area contributed by atoms with Crippen LogP contribution in [0.5, 0.6) is 0 Å². The fourth-order valence-corrected chi connectivity index (χ4v) is 2.10. The van der Waals surface area contributed by atoms with Gasteiger partial charge in [0.15, 0.2) is 0 Å². The van der Waals surface area contributed by atoms with E-state index < -0.39 is 17.6 Å². The Morgan fingerprint density at radius 1 is 1.43 bits per heavy atom. The molecule has 9 heteroatoms. The number of nitrogen functional groups attached to an aromatic ring is 1. The number of alkyl halides is 3. The second-order valence-electron chi connectivity index (χ2n) is 4.20. The number of halogens is 4. The smallest absolute Gasteiger partial charge is 0.398 e. The average molecular weight is 410 g/mol. The lowest BCUT2D eigenvalue weighted by molar-refractivity contribution is -0.136. The van der Waals surface area contributed by atoms with Gasteiger partial charge in [-0.3, -0.25) is 9.48 Å². The summed E-state index contributed by atoms with van der Waals surface area (Å²) in [5, 5.41) is 6.30. The summed E-state index contributed by atoms with van der Waals surface area (Å²) < 4.78 is 40.4. The van der Waals surface area contributed by atoms with Gasteiger partial charge >= 0.3 is 6.18 Å². The summed E-state index contributed by atoms with van der Waals surface area (Å²) >= 11 is 2.03. The molecule has 0 aliphatic rings. The molecule has 0 bridgehead atoms. The highest BCUT2D eigenvalue weighted by Gasteiger charge is 2.33. The monoisotopic (exact) mass is 410 g/mol. The second kappa shape index (κ2) is 5.92. The van der Waals surface area contributed by atoms with E-state index in [1.54, 1.807) is 12.4 Å². The van der Waals surface area contributed by atoms with Gasteiger partial charge in [-0.1, -0.05) is 0 Å². The molecule has 0 atom stereocenters. The third kappa shape index (κ3) is 4.09. The standard InChI is InChI=1S/C12H10F3IN4O/c13-12(14,15)9-3-8(1-2-10(9)17)19-11(21)6-20-5-7(16)4-18-20/h1-5H,6,17H2,(H,19,21). The van der Waals surface area contributed by atoms with E-state index in [0.717, 1.165) is 15.7 Å². The molecule has 0 saturated heterocycles. The normalized spacial score (nSPS) is 11.4. The minimum absolute atomic E-state index is 0.0309. The van der Waals surface area contributed by atoms with Crippen LogP contribution in [0.15, 0.2) is 30.6 Å². The summed E-state index contributed by atoms with van der Waals surface area (Å²) in [5.74, 6) is -0.479. The van der Waals surface area contributed by atoms with Gasteiger partial charge in [0.1, 0.15) is 6.54 Å². The van der Waals surface area contributed by atoms with E-state index in [4.69, 9.17) is 5.73 Å². The first-order valence-electron chi connectivity index (χ1n) is 5.70. The van der Waals surface area contributed by atoms with Crippen LogP contribution in [-0.4, -0.2) is 15.7 Å². The van der Waals surface area contributed by atoms with Crippen LogP contribution in [0, 0.1) is 3.57 Å². The lowest BCUT2D eigenvalue weighted by Gasteiger charge is -2.12. The van der Waals surface area contributed by atoms with Crippen LogP contribution in [0.2, 0.25) is 0 Å². The minimum atomic E-state index is -4.57. The van der Waals surface area contributed by atoms with Crippen LogP contribution in [0.25, 0.3) is 0 Å². The number of rotatable bonds is 3.